The summed E-state index contributed by atoms with van der Waals surface area (Å²) in [7, 11) is -4.04. The minimum Gasteiger partial charge on any atom is -0.437 e. The van der Waals surface area contributed by atoms with Gasteiger partial charge < -0.3 is 15.4 Å². The number of anilines is 2. The normalized spacial score (nSPS) is 14.9. The van der Waals surface area contributed by atoms with Gasteiger partial charge in [0.05, 0.1) is 34.3 Å². The van der Waals surface area contributed by atoms with Crippen LogP contribution in [0.4, 0.5) is 16.0 Å². The number of hydrogen-bond donors (Lipinski definition) is 3. The Morgan fingerprint density at radius 1 is 1.07 bits per heavy atom. The number of nitriles is 1. The number of hydrogen-bond acceptors (Lipinski definition) is 9. The van der Waals surface area contributed by atoms with Crippen molar-refractivity contribution in [2.75, 3.05) is 23.1 Å². The van der Waals surface area contributed by atoms with Crippen LogP contribution in [0.2, 0.25) is 0 Å². The van der Waals surface area contributed by atoms with Gasteiger partial charge in [0, 0.05) is 35.8 Å². The monoisotopic (exact) mass is 623 g/mol. The molecule has 0 radical (unpaired) electrons. The van der Waals surface area contributed by atoms with Gasteiger partial charge in [-0.1, -0.05) is 24.3 Å². The number of aromatic nitrogens is 3. The molecule has 3 heterocycles. The molecule has 0 amide bonds. The van der Waals surface area contributed by atoms with Crippen molar-refractivity contribution in [1.82, 2.24) is 20.3 Å². The van der Waals surface area contributed by atoms with Gasteiger partial charge in [-0.3, -0.25) is 4.72 Å². The predicted molar refractivity (Wildman–Crippen MR) is 171 cm³/mol. The molecule has 10 nitrogen and oxygen atoms in total. The molecular formula is C33H30FN7O3S. The van der Waals surface area contributed by atoms with Gasteiger partial charge >= 0.3 is 0 Å². The number of fused-ring (bicyclic) bond motifs is 1. The largest absolute Gasteiger partial charge is 0.437 e. The Morgan fingerprint density at radius 2 is 1.93 bits per heavy atom. The number of sulfonamides is 1. The summed E-state index contributed by atoms with van der Waals surface area (Å²) < 4.78 is 50.3. The van der Waals surface area contributed by atoms with Crippen molar-refractivity contribution in [2.24, 2.45) is 0 Å². The van der Waals surface area contributed by atoms with Crippen LogP contribution < -0.4 is 20.1 Å². The number of pyridine rings is 1. The van der Waals surface area contributed by atoms with Gasteiger partial charge in [0.25, 0.3) is 0 Å². The molecule has 45 heavy (non-hydrogen) atoms. The van der Waals surface area contributed by atoms with Crippen LogP contribution in [0.3, 0.4) is 0 Å². The molecule has 6 rings (SSSR count). The Labute approximate surface area is 260 Å². The van der Waals surface area contributed by atoms with Gasteiger partial charge in [-0.2, -0.15) is 5.26 Å². The fourth-order valence-corrected chi connectivity index (χ4v) is 6.55. The SMILES string of the molecule is Cc1ccc2c(NS(=O)(=O)Cc3cccc(C#N)c3)c(F)ccc2c1Oc1ncccc1-c1ccnc(N[C@H]2CCCNC2)n1. The van der Waals surface area contributed by atoms with Crippen LogP contribution >= 0.6 is 0 Å². The van der Waals surface area contributed by atoms with Crippen LogP contribution in [0.1, 0.15) is 29.5 Å². The van der Waals surface area contributed by atoms with Crippen molar-refractivity contribution in [2.45, 2.75) is 31.6 Å². The van der Waals surface area contributed by atoms with Gasteiger partial charge in [-0.05, 0) is 79.9 Å². The summed E-state index contributed by atoms with van der Waals surface area (Å²) in [5.41, 5.74) is 2.52. The van der Waals surface area contributed by atoms with Crippen molar-refractivity contribution in [3.05, 3.63) is 102 Å². The lowest BCUT2D eigenvalue weighted by Gasteiger charge is -2.23. The lowest BCUT2D eigenvalue weighted by molar-refractivity contribution is 0.466. The molecule has 12 heteroatoms. The fraction of sp³-hybridized carbons (Fsp3) is 0.212. The van der Waals surface area contributed by atoms with Crippen LogP contribution in [0.15, 0.2) is 79.1 Å². The summed E-state index contributed by atoms with van der Waals surface area (Å²) >= 11 is 0. The second-order valence-corrected chi connectivity index (χ2v) is 12.5. The zero-order valence-electron chi connectivity index (χ0n) is 24.4. The van der Waals surface area contributed by atoms with Crippen LogP contribution in [0.25, 0.3) is 22.0 Å². The Morgan fingerprint density at radius 3 is 2.76 bits per heavy atom. The molecule has 1 fully saturated rings. The Kier molecular flexibility index (Phi) is 8.55. The number of aryl methyl sites for hydroxylation is 1. The molecule has 0 aliphatic carbocycles. The maximum absolute atomic E-state index is 15.2. The molecule has 1 saturated heterocycles. The van der Waals surface area contributed by atoms with Crippen molar-refractivity contribution < 1.29 is 17.5 Å². The Bertz CT molecular complexity index is 2030. The molecular weight excluding hydrogens is 593 g/mol. The number of piperidine rings is 1. The van der Waals surface area contributed by atoms with E-state index in [-0.39, 0.29) is 17.6 Å². The quantitative estimate of drug-likeness (QED) is 0.183. The van der Waals surface area contributed by atoms with Gasteiger partial charge in [0.2, 0.25) is 21.9 Å². The summed E-state index contributed by atoms with van der Waals surface area (Å²) in [6.07, 6.45) is 5.38. The molecule has 0 bridgehead atoms. The molecule has 0 saturated carbocycles. The first-order valence-electron chi connectivity index (χ1n) is 14.4. The summed E-state index contributed by atoms with van der Waals surface area (Å²) in [4.78, 5) is 13.6. The summed E-state index contributed by atoms with van der Waals surface area (Å²) in [6, 6.07) is 20.0. The zero-order chi connectivity index (χ0) is 31.4. The van der Waals surface area contributed by atoms with E-state index in [9.17, 15) is 8.42 Å². The number of halogens is 1. The van der Waals surface area contributed by atoms with Crippen LogP contribution in [-0.2, 0) is 15.8 Å². The lowest BCUT2D eigenvalue weighted by atomic mass is 10.0. The highest BCUT2D eigenvalue weighted by molar-refractivity contribution is 7.91. The van der Waals surface area contributed by atoms with Gasteiger partial charge in [0.1, 0.15) is 11.6 Å². The highest BCUT2D eigenvalue weighted by Crippen LogP contribution is 2.39. The zero-order valence-corrected chi connectivity index (χ0v) is 25.2. The van der Waals surface area contributed by atoms with Crippen molar-refractivity contribution in [3.63, 3.8) is 0 Å². The summed E-state index contributed by atoms with van der Waals surface area (Å²) in [5, 5.41) is 16.7. The minimum absolute atomic E-state index is 0.196. The standard InChI is InChI=1S/C33H30FN7O3S/c1-21-9-10-25-26(11-12-28(34)30(25)41-45(42,43)20-23-6-2-5-22(17-23)18-35)31(21)44-32-27(8-4-15-37-32)29-13-16-38-33(40-29)39-24-7-3-14-36-19-24/h2,4-6,8-13,15-17,24,36,41H,3,7,14,19-20H2,1H3,(H,38,39,40)/t24-/m0/s1. The first kappa shape index (κ1) is 29.9. The summed E-state index contributed by atoms with van der Waals surface area (Å²) in [5.74, 6) is 0.0115. The van der Waals surface area contributed by atoms with Gasteiger partial charge in [-0.25, -0.2) is 27.8 Å². The molecule has 0 unspecified atom stereocenters. The molecule has 1 aliphatic rings. The average Bonchev–Trinajstić information content (AvgIpc) is 3.04. The highest BCUT2D eigenvalue weighted by Gasteiger charge is 2.21. The van der Waals surface area contributed by atoms with E-state index in [0.29, 0.717) is 44.9 Å². The van der Waals surface area contributed by atoms with Crippen LogP contribution in [0.5, 0.6) is 11.6 Å². The minimum atomic E-state index is -4.04. The molecule has 5 aromatic rings. The number of rotatable bonds is 9. The molecule has 3 aromatic carbocycles. The van der Waals surface area contributed by atoms with Crippen molar-refractivity contribution >= 4 is 32.4 Å². The van der Waals surface area contributed by atoms with E-state index in [1.54, 1.807) is 60.9 Å². The third-order valence-electron chi connectivity index (χ3n) is 7.50. The van der Waals surface area contributed by atoms with E-state index in [0.717, 1.165) is 31.5 Å². The molecule has 1 aliphatic heterocycles. The predicted octanol–water partition coefficient (Wildman–Crippen LogP) is 5.91. The Balaban J connectivity index is 1.32. The van der Waals surface area contributed by atoms with Crippen LogP contribution in [-0.4, -0.2) is 42.5 Å². The van der Waals surface area contributed by atoms with E-state index in [2.05, 4.69) is 25.3 Å². The molecule has 3 N–H and O–H groups in total. The van der Waals surface area contributed by atoms with E-state index >= 15 is 4.39 Å². The number of benzene rings is 3. The third-order valence-corrected chi connectivity index (χ3v) is 8.73. The maximum atomic E-state index is 15.2. The number of nitrogens with zero attached hydrogens (tertiary/aromatic N) is 4. The molecule has 0 spiro atoms. The topological polar surface area (TPSA) is 142 Å². The molecule has 228 valence electrons. The average molecular weight is 624 g/mol. The first-order valence-corrected chi connectivity index (χ1v) is 16.1. The fourth-order valence-electron chi connectivity index (χ4n) is 5.34. The number of nitrogens with one attached hydrogen (secondary N) is 3. The van der Waals surface area contributed by atoms with Crippen molar-refractivity contribution in [3.8, 4) is 29.0 Å². The Hall–Kier alpha value is -5.12. The lowest BCUT2D eigenvalue weighted by Crippen LogP contribution is -2.38. The smallest absolute Gasteiger partial charge is 0.237 e. The van der Waals surface area contributed by atoms with E-state index in [4.69, 9.17) is 15.0 Å². The van der Waals surface area contributed by atoms with Crippen LogP contribution in [0, 0.1) is 24.1 Å². The van der Waals surface area contributed by atoms with E-state index in [1.807, 2.05) is 19.1 Å². The van der Waals surface area contributed by atoms with Crippen molar-refractivity contribution in [1.29, 1.82) is 5.26 Å². The highest BCUT2D eigenvalue weighted by atomic mass is 32.2. The maximum Gasteiger partial charge on any atom is 0.237 e. The number of ether oxygens (including phenoxy) is 1. The first-order chi connectivity index (χ1) is 21.8. The van der Waals surface area contributed by atoms with E-state index < -0.39 is 21.6 Å². The second-order valence-electron chi connectivity index (χ2n) is 10.8. The molecule has 2 aromatic heterocycles. The second kappa shape index (κ2) is 12.9. The summed E-state index contributed by atoms with van der Waals surface area (Å²) in [6.45, 7) is 3.68. The van der Waals surface area contributed by atoms with E-state index in [1.165, 1.54) is 12.1 Å². The van der Waals surface area contributed by atoms with Gasteiger partial charge in [0.15, 0.2) is 0 Å². The van der Waals surface area contributed by atoms with Gasteiger partial charge in [-0.15, -0.1) is 0 Å². The third kappa shape index (κ3) is 6.85. The molecule has 1 atom stereocenters.